The van der Waals surface area contributed by atoms with Crippen LogP contribution in [0.2, 0.25) is 0 Å². The highest BCUT2D eigenvalue weighted by Crippen LogP contribution is 2.10. The molecular weight excluding hydrogens is 176 g/mol. The minimum atomic E-state index is 0.251. The zero-order valence-electron chi connectivity index (χ0n) is 10.1. The monoisotopic (exact) mass is 202 g/mol. The van der Waals surface area contributed by atoms with Crippen molar-refractivity contribution in [1.82, 2.24) is 0 Å². The number of rotatable bonds is 10. The largest absolute Gasteiger partial charge is 0.237 e. The molecule has 1 atom stereocenters. The molecule has 0 saturated carbocycles. The van der Waals surface area contributed by atoms with Gasteiger partial charge in [-0.1, -0.05) is 45.4 Å². The molecular formula is C12H26O2. The maximum atomic E-state index is 5.12. The van der Waals surface area contributed by atoms with Crippen LogP contribution in [0.25, 0.3) is 0 Å². The van der Waals surface area contributed by atoms with Crippen LogP contribution in [-0.2, 0) is 9.78 Å². The van der Waals surface area contributed by atoms with E-state index in [1.165, 1.54) is 38.5 Å². The molecule has 0 aromatic rings. The molecule has 0 aromatic carbocycles. The fraction of sp³-hybridized carbons (Fsp3) is 1.00. The first-order valence-corrected chi connectivity index (χ1v) is 6.09. The van der Waals surface area contributed by atoms with Crippen LogP contribution in [0, 0.1) is 0 Å². The summed E-state index contributed by atoms with van der Waals surface area (Å²) in [6.07, 6.45) is 9.42. The molecule has 0 N–H and O–H groups in total. The predicted molar refractivity (Wildman–Crippen MR) is 60.2 cm³/mol. The van der Waals surface area contributed by atoms with E-state index >= 15 is 0 Å². The SMILES string of the molecule is CCCCCCCCC(C)OOCC. The van der Waals surface area contributed by atoms with Crippen LogP contribution < -0.4 is 0 Å². The van der Waals surface area contributed by atoms with E-state index in [2.05, 4.69) is 13.8 Å². The van der Waals surface area contributed by atoms with Crippen molar-refractivity contribution in [2.24, 2.45) is 0 Å². The van der Waals surface area contributed by atoms with Gasteiger partial charge < -0.3 is 0 Å². The van der Waals surface area contributed by atoms with Crippen LogP contribution in [-0.4, -0.2) is 12.7 Å². The maximum absolute atomic E-state index is 5.12. The molecule has 0 aliphatic carbocycles. The van der Waals surface area contributed by atoms with Crippen molar-refractivity contribution in [1.29, 1.82) is 0 Å². The summed E-state index contributed by atoms with van der Waals surface area (Å²) < 4.78 is 0. The molecule has 0 spiro atoms. The van der Waals surface area contributed by atoms with E-state index in [9.17, 15) is 0 Å². The van der Waals surface area contributed by atoms with Gasteiger partial charge in [0.15, 0.2) is 0 Å². The summed E-state index contributed by atoms with van der Waals surface area (Å²) in [5.41, 5.74) is 0. The Morgan fingerprint density at radius 1 is 0.929 bits per heavy atom. The number of unbranched alkanes of at least 4 members (excludes halogenated alkanes) is 5. The van der Waals surface area contributed by atoms with Crippen LogP contribution in [0.4, 0.5) is 0 Å². The van der Waals surface area contributed by atoms with Gasteiger partial charge in [-0.2, -0.15) is 0 Å². The van der Waals surface area contributed by atoms with E-state index in [0.29, 0.717) is 6.61 Å². The van der Waals surface area contributed by atoms with E-state index < -0.39 is 0 Å². The average molecular weight is 202 g/mol. The number of hydrogen-bond donors (Lipinski definition) is 0. The molecule has 2 nitrogen and oxygen atoms in total. The third-order valence-electron chi connectivity index (χ3n) is 2.31. The van der Waals surface area contributed by atoms with Gasteiger partial charge in [0.05, 0.1) is 12.7 Å². The Labute approximate surface area is 88.9 Å². The third kappa shape index (κ3) is 10.0. The second-order valence-corrected chi connectivity index (χ2v) is 3.87. The second kappa shape index (κ2) is 11.0. The summed E-state index contributed by atoms with van der Waals surface area (Å²) in [6, 6.07) is 0. The van der Waals surface area contributed by atoms with E-state index in [0.717, 1.165) is 6.42 Å². The van der Waals surface area contributed by atoms with Gasteiger partial charge in [0, 0.05) is 0 Å². The predicted octanol–water partition coefficient (Wildman–Crippen LogP) is 4.09. The van der Waals surface area contributed by atoms with Crippen LogP contribution in [0.5, 0.6) is 0 Å². The first-order valence-electron chi connectivity index (χ1n) is 6.09. The Balaban J connectivity index is 3.02. The summed E-state index contributed by atoms with van der Waals surface area (Å²) >= 11 is 0. The van der Waals surface area contributed by atoms with Crippen LogP contribution >= 0.6 is 0 Å². The molecule has 0 aliphatic heterocycles. The van der Waals surface area contributed by atoms with Gasteiger partial charge in [0.25, 0.3) is 0 Å². The Morgan fingerprint density at radius 2 is 1.57 bits per heavy atom. The molecule has 86 valence electrons. The normalized spacial score (nSPS) is 13.1. The smallest absolute Gasteiger partial charge is 0.0901 e. The highest BCUT2D eigenvalue weighted by Gasteiger charge is 2.01. The highest BCUT2D eigenvalue weighted by atomic mass is 17.2. The van der Waals surface area contributed by atoms with Gasteiger partial charge >= 0.3 is 0 Å². The van der Waals surface area contributed by atoms with Crippen molar-refractivity contribution in [2.45, 2.75) is 71.8 Å². The van der Waals surface area contributed by atoms with Crippen LogP contribution in [0.15, 0.2) is 0 Å². The second-order valence-electron chi connectivity index (χ2n) is 3.87. The minimum absolute atomic E-state index is 0.251. The fourth-order valence-electron chi connectivity index (χ4n) is 1.44. The van der Waals surface area contributed by atoms with Crippen molar-refractivity contribution in [3.63, 3.8) is 0 Å². The molecule has 0 heterocycles. The highest BCUT2D eigenvalue weighted by molar-refractivity contribution is 4.50. The van der Waals surface area contributed by atoms with Crippen molar-refractivity contribution >= 4 is 0 Å². The van der Waals surface area contributed by atoms with Gasteiger partial charge in [0.2, 0.25) is 0 Å². The van der Waals surface area contributed by atoms with E-state index in [4.69, 9.17) is 9.78 Å². The molecule has 0 rings (SSSR count). The summed E-state index contributed by atoms with van der Waals surface area (Å²) in [6.45, 7) is 6.90. The maximum Gasteiger partial charge on any atom is 0.0901 e. The van der Waals surface area contributed by atoms with Crippen molar-refractivity contribution in [3.8, 4) is 0 Å². The van der Waals surface area contributed by atoms with E-state index in [1.807, 2.05) is 6.92 Å². The Hall–Kier alpha value is -0.0800. The quantitative estimate of drug-likeness (QED) is 0.302. The molecule has 2 heteroatoms. The summed E-state index contributed by atoms with van der Waals surface area (Å²) in [5.74, 6) is 0. The Bertz CT molecular complexity index is 104. The molecule has 0 bridgehead atoms. The zero-order chi connectivity index (χ0) is 10.6. The van der Waals surface area contributed by atoms with Gasteiger partial charge in [0.1, 0.15) is 0 Å². The average Bonchev–Trinajstić information content (AvgIpc) is 2.20. The fourth-order valence-corrected chi connectivity index (χ4v) is 1.44. The zero-order valence-corrected chi connectivity index (χ0v) is 10.1. The molecule has 0 fully saturated rings. The molecule has 0 amide bonds. The molecule has 1 unspecified atom stereocenters. The summed E-state index contributed by atoms with van der Waals surface area (Å²) in [4.78, 5) is 10.0. The standard InChI is InChI=1S/C12H26O2/c1-4-6-7-8-9-10-11-12(3)14-13-5-2/h12H,4-11H2,1-3H3. The van der Waals surface area contributed by atoms with Crippen LogP contribution in [0.1, 0.15) is 65.7 Å². The van der Waals surface area contributed by atoms with Gasteiger partial charge in [-0.05, 0) is 20.3 Å². The van der Waals surface area contributed by atoms with Crippen molar-refractivity contribution in [3.05, 3.63) is 0 Å². The molecule has 0 aliphatic rings. The van der Waals surface area contributed by atoms with Gasteiger partial charge in [-0.25, -0.2) is 9.78 Å². The molecule has 0 saturated heterocycles. The lowest BCUT2D eigenvalue weighted by Crippen LogP contribution is -2.08. The topological polar surface area (TPSA) is 18.5 Å². The van der Waals surface area contributed by atoms with Crippen LogP contribution in [0.3, 0.4) is 0 Å². The first kappa shape index (κ1) is 13.9. The molecule has 0 aromatic heterocycles. The Kier molecular flexibility index (Phi) is 10.9. The van der Waals surface area contributed by atoms with Crippen molar-refractivity contribution < 1.29 is 9.78 Å². The lowest BCUT2D eigenvalue weighted by molar-refractivity contribution is -0.318. The minimum Gasteiger partial charge on any atom is -0.237 e. The van der Waals surface area contributed by atoms with Crippen molar-refractivity contribution in [2.75, 3.05) is 6.61 Å². The van der Waals surface area contributed by atoms with E-state index in [1.54, 1.807) is 0 Å². The summed E-state index contributed by atoms with van der Waals surface area (Å²) in [5, 5.41) is 0. The van der Waals surface area contributed by atoms with E-state index in [-0.39, 0.29) is 6.10 Å². The summed E-state index contributed by atoms with van der Waals surface area (Å²) in [7, 11) is 0. The molecule has 14 heavy (non-hydrogen) atoms. The lowest BCUT2D eigenvalue weighted by atomic mass is 10.1. The third-order valence-corrected chi connectivity index (χ3v) is 2.31. The van der Waals surface area contributed by atoms with Gasteiger partial charge in [-0.15, -0.1) is 0 Å². The lowest BCUT2D eigenvalue weighted by Gasteiger charge is -2.10. The molecule has 0 radical (unpaired) electrons. The number of hydrogen-bond acceptors (Lipinski definition) is 2. The first-order chi connectivity index (χ1) is 6.81. The van der Waals surface area contributed by atoms with Gasteiger partial charge in [-0.3, -0.25) is 0 Å². The Morgan fingerprint density at radius 3 is 2.21 bits per heavy atom.